The lowest BCUT2D eigenvalue weighted by Crippen LogP contribution is -2.46. The van der Waals surface area contributed by atoms with Crippen molar-refractivity contribution >= 4 is 43.1 Å². The van der Waals surface area contributed by atoms with E-state index in [9.17, 15) is 4.79 Å². The number of halogens is 3. The third-order valence-corrected chi connectivity index (χ3v) is 5.28. The quantitative estimate of drug-likeness (QED) is 0.594. The summed E-state index contributed by atoms with van der Waals surface area (Å²) >= 11 is 0. The third kappa shape index (κ3) is 9.77. The molecule has 0 bridgehead atoms. The van der Waals surface area contributed by atoms with Crippen LogP contribution in [-0.4, -0.2) is 67.6 Å². The van der Waals surface area contributed by atoms with Crippen LogP contribution in [0.5, 0.6) is 0 Å². The standard InChI is InChI=1S/C20H32N4O.3ClH/c25-20(16-19-8-4-9-21-19)22-10-5-11-23-12-14-24(15-13-23)17-18-6-2-1-3-7-18;;;/h1-3,6-7,19,21H,4-5,8-17H2,(H,22,25);3*1H. The van der Waals surface area contributed by atoms with Gasteiger partial charge in [0.1, 0.15) is 0 Å². The summed E-state index contributed by atoms with van der Waals surface area (Å²) in [4.78, 5) is 16.9. The molecule has 0 saturated carbocycles. The van der Waals surface area contributed by atoms with Crippen molar-refractivity contribution in [3.05, 3.63) is 35.9 Å². The Morgan fingerprint density at radius 3 is 2.36 bits per heavy atom. The van der Waals surface area contributed by atoms with Crippen LogP contribution in [0.1, 0.15) is 31.2 Å². The minimum atomic E-state index is 0. The largest absolute Gasteiger partial charge is 0.356 e. The van der Waals surface area contributed by atoms with Crippen LogP contribution in [0, 0.1) is 0 Å². The van der Waals surface area contributed by atoms with Crippen molar-refractivity contribution in [2.75, 3.05) is 45.8 Å². The summed E-state index contributed by atoms with van der Waals surface area (Å²) in [6.07, 6.45) is 4.02. The van der Waals surface area contributed by atoms with E-state index in [2.05, 4.69) is 50.8 Å². The fourth-order valence-electron chi connectivity index (χ4n) is 3.77. The van der Waals surface area contributed by atoms with E-state index in [1.165, 1.54) is 12.0 Å². The summed E-state index contributed by atoms with van der Waals surface area (Å²) in [7, 11) is 0. The molecule has 2 heterocycles. The SMILES string of the molecule is Cl.Cl.Cl.O=C(CC1CCCN1)NCCCN1CCN(Cc2ccccc2)CC1. The first kappa shape index (κ1) is 27.4. The molecule has 1 aromatic rings. The lowest BCUT2D eigenvalue weighted by atomic mass is 10.1. The lowest BCUT2D eigenvalue weighted by Gasteiger charge is -2.34. The number of rotatable bonds is 8. The van der Waals surface area contributed by atoms with Gasteiger partial charge in [0.25, 0.3) is 0 Å². The van der Waals surface area contributed by atoms with Gasteiger partial charge in [0.05, 0.1) is 0 Å². The van der Waals surface area contributed by atoms with E-state index in [1.54, 1.807) is 0 Å². The smallest absolute Gasteiger partial charge is 0.221 e. The van der Waals surface area contributed by atoms with Crippen LogP contribution < -0.4 is 10.6 Å². The van der Waals surface area contributed by atoms with Gasteiger partial charge in [0.2, 0.25) is 5.91 Å². The zero-order chi connectivity index (χ0) is 17.3. The molecule has 8 heteroatoms. The van der Waals surface area contributed by atoms with E-state index < -0.39 is 0 Å². The molecule has 3 rings (SSSR count). The maximum atomic E-state index is 11.9. The van der Waals surface area contributed by atoms with Gasteiger partial charge >= 0.3 is 0 Å². The van der Waals surface area contributed by atoms with Crippen molar-refractivity contribution in [2.24, 2.45) is 0 Å². The molecule has 2 aliphatic heterocycles. The highest BCUT2D eigenvalue weighted by Gasteiger charge is 2.18. The Morgan fingerprint density at radius 1 is 1.04 bits per heavy atom. The van der Waals surface area contributed by atoms with Crippen LogP contribution in [0.4, 0.5) is 0 Å². The number of amides is 1. The van der Waals surface area contributed by atoms with Crippen molar-refractivity contribution in [3.63, 3.8) is 0 Å². The number of carbonyl (C=O) groups is 1. The molecule has 5 nitrogen and oxygen atoms in total. The summed E-state index contributed by atoms with van der Waals surface area (Å²) in [5, 5.41) is 6.45. The van der Waals surface area contributed by atoms with Gasteiger partial charge in [-0.05, 0) is 37.9 Å². The Kier molecular flexibility index (Phi) is 15.0. The predicted octanol–water partition coefficient (Wildman–Crippen LogP) is 2.72. The molecule has 2 N–H and O–H groups in total. The first-order valence-electron chi connectivity index (χ1n) is 9.78. The Labute approximate surface area is 188 Å². The first-order chi connectivity index (χ1) is 12.3. The van der Waals surface area contributed by atoms with Gasteiger partial charge in [-0.1, -0.05) is 30.3 Å². The van der Waals surface area contributed by atoms with E-state index in [4.69, 9.17) is 0 Å². The summed E-state index contributed by atoms with van der Waals surface area (Å²) in [6, 6.07) is 11.1. The van der Waals surface area contributed by atoms with Gasteiger partial charge in [0, 0.05) is 51.7 Å². The van der Waals surface area contributed by atoms with E-state index >= 15 is 0 Å². The molecular weight excluding hydrogens is 419 g/mol. The van der Waals surface area contributed by atoms with E-state index in [1.807, 2.05) is 0 Å². The third-order valence-electron chi connectivity index (χ3n) is 5.28. The second-order valence-electron chi connectivity index (χ2n) is 7.30. The molecule has 1 aromatic carbocycles. The van der Waals surface area contributed by atoms with Gasteiger partial charge in [-0.3, -0.25) is 9.69 Å². The van der Waals surface area contributed by atoms with E-state index in [-0.39, 0.29) is 43.1 Å². The highest BCUT2D eigenvalue weighted by atomic mass is 35.5. The number of nitrogens with zero attached hydrogens (tertiary/aromatic N) is 2. The topological polar surface area (TPSA) is 47.6 Å². The summed E-state index contributed by atoms with van der Waals surface area (Å²) in [5.74, 6) is 0.201. The van der Waals surface area contributed by atoms with E-state index in [0.717, 1.165) is 65.2 Å². The Bertz CT molecular complexity index is 521. The normalized spacial score (nSPS) is 19.8. The summed E-state index contributed by atoms with van der Waals surface area (Å²) in [6.45, 7) is 8.54. The van der Waals surface area contributed by atoms with Crippen LogP contribution in [0.3, 0.4) is 0 Å². The zero-order valence-corrected chi connectivity index (χ0v) is 18.9. The molecule has 0 aliphatic carbocycles. The number of piperazine rings is 1. The van der Waals surface area contributed by atoms with Crippen molar-refractivity contribution in [2.45, 2.75) is 38.3 Å². The molecule has 2 aliphatic rings. The van der Waals surface area contributed by atoms with Gasteiger partial charge in [0.15, 0.2) is 0 Å². The molecule has 1 unspecified atom stereocenters. The average Bonchev–Trinajstić information content (AvgIpc) is 3.14. The maximum absolute atomic E-state index is 11.9. The maximum Gasteiger partial charge on any atom is 0.221 e. The minimum Gasteiger partial charge on any atom is -0.356 e. The number of hydrogen-bond donors (Lipinski definition) is 2. The fraction of sp³-hybridized carbons (Fsp3) is 0.650. The van der Waals surface area contributed by atoms with Gasteiger partial charge < -0.3 is 15.5 Å². The fourth-order valence-corrected chi connectivity index (χ4v) is 3.77. The predicted molar refractivity (Wildman–Crippen MR) is 123 cm³/mol. The van der Waals surface area contributed by atoms with E-state index in [0.29, 0.717) is 12.5 Å². The van der Waals surface area contributed by atoms with Crippen molar-refractivity contribution in [1.82, 2.24) is 20.4 Å². The second-order valence-corrected chi connectivity index (χ2v) is 7.30. The monoisotopic (exact) mass is 452 g/mol. The van der Waals surface area contributed by atoms with Crippen LogP contribution >= 0.6 is 37.2 Å². The van der Waals surface area contributed by atoms with Crippen molar-refractivity contribution < 1.29 is 4.79 Å². The van der Waals surface area contributed by atoms with Crippen LogP contribution in [0.25, 0.3) is 0 Å². The van der Waals surface area contributed by atoms with Crippen LogP contribution in [-0.2, 0) is 11.3 Å². The molecule has 1 atom stereocenters. The molecule has 1 amide bonds. The average molecular weight is 454 g/mol. The molecule has 0 spiro atoms. The van der Waals surface area contributed by atoms with Crippen LogP contribution in [0.2, 0.25) is 0 Å². The van der Waals surface area contributed by atoms with Gasteiger partial charge in [-0.25, -0.2) is 0 Å². The molecule has 2 saturated heterocycles. The lowest BCUT2D eigenvalue weighted by molar-refractivity contribution is -0.121. The van der Waals surface area contributed by atoms with Crippen LogP contribution in [0.15, 0.2) is 30.3 Å². The molecule has 2 fully saturated rings. The second kappa shape index (κ2) is 15.3. The highest BCUT2D eigenvalue weighted by Crippen LogP contribution is 2.09. The highest BCUT2D eigenvalue weighted by molar-refractivity contribution is 5.86. The molecular formula is C20H35Cl3N4O. The summed E-state index contributed by atoms with van der Waals surface area (Å²) < 4.78 is 0. The van der Waals surface area contributed by atoms with Crippen molar-refractivity contribution in [1.29, 1.82) is 0 Å². The minimum absolute atomic E-state index is 0. The summed E-state index contributed by atoms with van der Waals surface area (Å²) in [5.41, 5.74) is 1.40. The number of hydrogen-bond acceptors (Lipinski definition) is 4. The zero-order valence-electron chi connectivity index (χ0n) is 16.5. The van der Waals surface area contributed by atoms with Gasteiger partial charge in [-0.15, -0.1) is 37.2 Å². The Morgan fingerprint density at radius 2 is 1.71 bits per heavy atom. The molecule has 0 aromatic heterocycles. The number of carbonyl (C=O) groups excluding carboxylic acids is 1. The number of nitrogens with one attached hydrogen (secondary N) is 2. The Hall–Kier alpha value is -0.560. The van der Waals surface area contributed by atoms with Gasteiger partial charge in [-0.2, -0.15) is 0 Å². The Balaban J connectivity index is 0.00000243. The molecule has 28 heavy (non-hydrogen) atoms. The first-order valence-corrected chi connectivity index (χ1v) is 9.78. The van der Waals surface area contributed by atoms with Crippen molar-refractivity contribution in [3.8, 4) is 0 Å². The molecule has 0 radical (unpaired) electrons. The molecule has 162 valence electrons. The number of benzene rings is 1.